The number of hydrogen-bond acceptors (Lipinski definition) is 4. The van der Waals surface area contributed by atoms with Crippen molar-refractivity contribution in [1.82, 2.24) is 15.1 Å². The van der Waals surface area contributed by atoms with Crippen LogP contribution in [0.15, 0.2) is 30.3 Å². The Morgan fingerprint density at radius 2 is 1.95 bits per heavy atom. The molecule has 0 amide bonds. The van der Waals surface area contributed by atoms with Gasteiger partial charge in [0.05, 0.1) is 18.5 Å². The van der Waals surface area contributed by atoms with Crippen molar-refractivity contribution < 1.29 is 4.74 Å². The first-order valence-corrected chi connectivity index (χ1v) is 7.44. The van der Waals surface area contributed by atoms with Crippen molar-refractivity contribution in [2.45, 2.75) is 18.8 Å². The van der Waals surface area contributed by atoms with E-state index in [-0.39, 0.29) is 0 Å². The van der Waals surface area contributed by atoms with Crippen LogP contribution in [0, 0.1) is 0 Å². The molecular weight excluding hydrogens is 264 g/mol. The van der Waals surface area contributed by atoms with Crippen LogP contribution in [0.1, 0.15) is 24.5 Å². The van der Waals surface area contributed by atoms with Gasteiger partial charge in [-0.15, -0.1) is 0 Å². The van der Waals surface area contributed by atoms with Gasteiger partial charge >= 0.3 is 0 Å². The number of ether oxygens (including phenoxy) is 1. The van der Waals surface area contributed by atoms with Crippen molar-refractivity contribution in [3.8, 4) is 11.4 Å². The predicted octanol–water partition coefficient (Wildman–Crippen LogP) is 2.39. The summed E-state index contributed by atoms with van der Waals surface area (Å²) in [7, 11) is 3.61. The molecule has 3 rings (SSSR count). The number of piperidine rings is 1. The number of benzene rings is 1. The molecule has 1 aromatic carbocycles. The van der Waals surface area contributed by atoms with E-state index in [1.807, 2.05) is 36.0 Å². The Hall–Kier alpha value is -2.01. The molecule has 112 valence electrons. The fraction of sp³-hybridized carbons (Fsp3) is 0.438. The molecule has 2 heterocycles. The van der Waals surface area contributed by atoms with Gasteiger partial charge in [-0.1, -0.05) is 0 Å². The van der Waals surface area contributed by atoms with Gasteiger partial charge in [0.25, 0.3) is 0 Å². The van der Waals surface area contributed by atoms with Gasteiger partial charge in [0.2, 0.25) is 0 Å². The molecule has 0 aliphatic carbocycles. The first-order valence-electron chi connectivity index (χ1n) is 7.44. The van der Waals surface area contributed by atoms with Gasteiger partial charge in [-0.2, -0.15) is 5.10 Å². The van der Waals surface area contributed by atoms with Gasteiger partial charge in [-0.25, -0.2) is 4.68 Å². The molecule has 5 nitrogen and oxygen atoms in total. The minimum Gasteiger partial charge on any atom is -0.497 e. The molecule has 0 bridgehead atoms. The molecule has 21 heavy (non-hydrogen) atoms. The number of nitrogens with one attached hydrogen (secondary N) is 2. The van der Waals surface area contributed by atoms with Crippen molar-refractivity contribution in [3.63, 3.8) is 0 Å². The van der Waals surface area contributed by atoms with Crippen molar-refractivity contribution in [1.29, 1.82) is 0 Å². The largest absolute Gasteiger partial charge is 0.497 e. The maximum atomic E-state index is 5.21. The third-order valence-electron chi connectivity index (χ3n) is 4.06. The molecule has 0 spiro atoms. The molecule has 1 saturated heterocycles. The van der Waals surface area contributed by atoms with Crippen molar-refractivity contribution in [3.05, 3.63) is 36.0 Å². The minimum atomic E-state index is 0.554. The Balaban J connectivity index is 1.91. The zero-order valence-corrected chi connectivity index (χ0v) is 12.6. The summed E-state index contributed by atoms with van der Waals surface area (Å²) in [5.74, 6) is 2.43. The fourth-order valence-electron chi connectivity index (χ4n) is 2.81. The third-order valence-corrected chi connectivity index (χ3v) is 4.06. The van der Waals surface area contributed by atoms with E-state index < -0.39 is 0 Å². The highest BCUT2D eigenvalue weighted by atomic mass is 16.5. The van der Waals surface area contributed by atoms with Crippen molar-refractivity contribution in [2.75, 3.05) is 32.6 Å². The zero-order valence-electron chi connectivity index (χ0n) is 12.6. The van der Waals surface area contributed by atoms with Crippen LogP contribution in [0.3, 0.4) is 0 Å². The molecule has 5 heteroatoms. The highest BCUT2D eigenvalue weighted by Gasteiger charge is 2.20. The maximum Gasteiger partial charge on any atom is 0.129 e. The smallest absolute Gasteiger partial charge is 0.129 e. The topological polar surface area (TPSA) is 51.1 Å². The summed E-state index contributed by atoms with van der Waals surface area (Å²) in [4.78, 5) is 0. The van der Waals surface area contributed by atoms with Crippen LogP contribution >= 0.6 is 0 Å². The summed E-state index contributed by atoms with van der Waals surface area (Å²) in [6, 6.07) is 10.1. The van der Waals surface area contributed by atoms with Gasteiger partial charge in [0.1, 0.15) is 11.6 Å². The molecule has 0 atom stereocenters. The highest BCUT2D eigenvalue weighted by Crippen LogP contribution is 2.28. The van der Waals surface area contributed by atoms with Gasteiger partial charge in [0, 0.05) is 19.0 Å². The van der Waals surface area contributed by atoms with Crippen LogP contribution in [-0.4, -0.2) is 37.0 Å². The van der Waals surface area contributed by atoms with E-state index in [0.717, 1.165) is 43.2 Å². The van der Waals surface area contributed by atoms with E-state index in [4.69, 9.17) is 9.84 Å². The lowest BCUT2D eigenvalue weighted by Crippen LogP contribution is -2.26. The average molecular weight is 286 g/mol. The lowest BCUT2D eigenvalue weighted by Gasteiger charge is -2.20. The Labute approximate surface area is 125 Å². The van der Waals surface area contributed by atoms with E-state index in [0.29, 0.717) is 5.92 Å². The molecule has 0 radical (unpaired) electrons. The van der Waals surface area contributed by atoms with Crippen molar-refractivity contribution >= 4 is 5.82 Å². The summed E-state index contributed by atoms with van der Waals surface area (Å²) in [6.07, 6.45) is 2.31. The summed E-state index contributed by atoms with van der Waals surface area (Å²) in [5, 5.41) is 11.5. The highest BCUT2D eigenvalue weighted by molar-refractivity contribution is 5.47. The molecule has 2 N–H and O–H groups in total. The van der Waals surface area contributed by atoms with Crippen LogP contribution in [0.5, 0.6) is 5.75 Å². The molecule has 0 saturated carbocycles. The fourth-order valence-corrected chi connectivity index (χ4v) is 2.81. The van der Waals surface area contributed by atoms with Crippen LogP contribution in [0.2, 0.25) is 0 Å². The quantitative estimate of drug-likeness (QED) is 0.906. The van der Waals surface area contributed by atoms with Crippen LogP contribution in [0.4, 0.5) is 5.82 Å². The molecule has 1 aromatic heterocycles. The van der Waals surface area contributed by atoms with E-state index in [1.54, 1.807) is 7.11 Å². The standard InChI is InChI=1S/C16H22N4O/c1-17-16-11-15(12-7-9-18-10-8-12)19-20(16)13-3-5-14(21-2)6-4-13/h3-6,11-12,17-18H,7-10H2,1-2H3. The first kappa shape index (κ1) is 13.9. The Morgan fingerprint density at radius 1 is 1.24 bits per heavy atom. The summed E-state index contributed by atoms with van der Waals surface area (Å²) in [5.41, 5.74) is 2.22. The number of anilines is 1. The number of rotatable bonds is 4. The van der Waals surface area contributed by atoms with Gasteiger partial charge < -0.3 is 15.4 Å². The Kier molecular flexibility index (Phi) is 4.10. The molecule has 1 fully saturated rings. The third kappa shape index (κ3) is 2.88. The second kappa shape index (κ2) is 6.18. The second-order valence-corrected chi connectivity index (χ2v) is 5.34. The Morgan fingerprint density at radius 3 is 2.57 bits per heavy atom. The van der Waals surface area contributed by atoms with Crippen LogP contribution < -0.4 is 15.4 Å². The predicted molar refractivity (Wildman–Crippen MR) is 84.5 cm³/mol. The SMILES string of the molecule is CNc1cc(C2CCNCC2)nn1-c1ccc(OC)cc1. The summed E-state index contributed by atoms with van der Waals surface area (Å²) < 4.78 is 7.18. The van der Waals surface area contributed by atoms with E-state index in [9.17, 15) is 0 Å². The maximum absolute atomic E-state index is 5.21. The number of hydrogen-bond donors (Lipinski definition) is 2. The molecule has 2 aromatic rings. The summed E-state index contributed by atoms with van der Waals surface area (Å²) in [6.45, 7) is 2.16. The summed E-state index contributed by atoms with van der Waals surface area (Å²) >= 11 is 0. The molecule has 0 unspecified atom stereocenters. The van der Waals surface area contributed by atoms with Gasteiger partial charge in [0.15, 0.2) is 0 Å². The van der Waals surface area contributed by atoms with E-state index in [1.165, 1.54) is 5.69 Å². The zero-order chi connectivity index (χ0) is 14.7. The van der Waals surface area contributed by atoms with Crippen molar-refractivity contribution in [2.24, 2.45) is 0 Å². The van der Waals surface area contributed by atoms with E-state index >= 15 is 0 Å². The minimum absolute atomic E-state index is 0.554. The van der Waals surface area contributed by atoms with Gasteiger partial charge in [-0.3, -0.25) is 0 Å². The lowest BCUT2D eigenvalue weighted by molar-refractivity contribution is 0.414. The average Bonchev–Trinajstić information content (AvgIpc) is 3.00. The monoisotopic (exact) mass is 286 g/mol. The Bertz CT molecular complexity index is 585. The number of nitrogens with zero attached hydrogens (tertiary/aromatic N) is 2. The number of aromatic nitrogens is 2. The van der Waals surface area contributed by atoms with Crippen LogP contribution in [0.25, 0.3) is 5.69 Å². The van der Waals surface area contributed by atoms with Gasteiger partial charge in [-0.05, 0) is 50.2 Å². The number of methoxy groups -OCH3 is 1. The van der Waals surface area contributed by atoms with Crippen LogP contribution in [-0.2, 0) is 0 Å². The lowest BCUT2D eigenvalue weighted by atomic mass is 9.95. The molecular formula is C16H22N4O. The normalized spacial score (nSPS) is 15.9. The second-order valence-electron chi connectivity index (χ2n) is 5.34. The molecule has 1 aliphatic heterocycles. The molecule has 1 aliphatic rings. The van der Waals surface area contributed by atoms with E-state index in [2.05, 4.69) is 16.7 Å². The first-order chi connectivity index (χ1) is 10.3.